The van der Waals surface area contributed by atoms with Gasteiger partial charge in [0.25, 0.3) is 0 Å². The largest absolute Gasteiger partial charge is 0.386 e. The van der Waals surface area contributed by atoms with E-state index in [1.165, 1.54) is 0 Å². The van der Waals surface area contributed by atoms with Crippen LogP contribution in [0.25, 0.3) is 0 Å². The van der Waals surface area contributed by atoms with Gasteiger partial charge < -0.3 is 5.73 Å². The van der Waals surface area contributed by atoms with Gasteiger partial charge >= 0.3 is 11.9 Å². The third-order valence-electron chi connectivity index (χ3n) is 1.39. The van der Waals surface area contributed by atoms with Gasteiger partial charge in [-0.05, 0) is 12.1 Å². The van der Waals surface area contributed by atoms with Gasteiger partial charge in [-0.25, -0.2) is 19.4 Å². The van der Waals surface area contributed by atoms with E-state index in [2.05, 4.69) is 9.78 Å². The lowest BCUT2D eigenvalue weighted by molar-refractivity contribution is -0.232. The van der Waals surface area contributed by atoms with E-state index in [1.807, 2.05) is 0 Å². The molecule has 5 nitrogen and oxygen atoms in total. The quantitative estimate of drug-likeness (QED) is 0.541. The Hall–Kier alpha value is -1.88. The molecule has 0 aromatic heterocycles. The van der Waals surface area contributed by atoms with Crippen LogP contribution in [0.5, 0.6) is 0 Å². The Labute approximate surface area is 80.3 Å². The summed E-state index contributed by atoms with van der Waals surface area (Å²) in [4.78, 5) is 30.0. The van der Waals surface area contributed by atoms with Crippen LogP contribution in [-0.4, -0.2) is 18.5 Å². The molecule has 74 valence electrons. The summed E-state index contributed by atoms with van der Waals surface area (Å²) < 4.78 is 0. The van der Waals surface area contributed by atoms with Gasteiger partial charge in [0.15, 0.2) is 0 Å². The first-order valence-corrected chi connectivity index (χ1v) is 3.91. The van der Waals surface area contributed by atoms with Crippen LogP contribution in [0.1, 0.15) is 10.4 Å². The van der Waals surface area contributed by atoms with E-state index in [0.29, 0.717) is 5.56 Å². The van der Waals surface area contributed by atoms with E-state index >= 15 is 0 Å². The molecule has 1 rings (SSSR count). The maximum Gasteiger partial charge on any atom is 0.386 e. The molecule has 0 saturated carbocycles. The summed E-state index contributed by atoms with van der Waals surface area (Å²) in [6.07, 6.45) is 0. The van der Waals surface area contributed by atoms with Crippen LogP contribution < -0.4 is 5.73 Å². The van der Waals surface area contributed by atoms with Crippen molar-refractivity contribution in [2.75, 3.05) is 6.54 Å². The van der Waals surface area contributed by atoms with Crippen LogP contribution in [0.15, 0.2) is 30.3 Å². The minimum absolute atomic E-state index is 0.303. The summed E-state index contributed by atoms with van der Waals surface area (Å²) in [6, 6.07) is 8.17. The third kappa shape index (κ3) is 2.87. The Balaban J connectivity index is 2.48. The van der Waals surface area contributed by atoms with Crippen molar-refractivity contribution in [3.05, 3.63) is 35.9 Å². The highest BCUT2D eigenvalue weighted by molar-refractivity contribution is 5.89. The molecule has 2 N–H and O–H groups in total. The Morgan fingerprint density at radius 1 is 1.14 bits per heavy atom. The summed E-state index contributed by atoms with van der Waals surface area (Å²) in [7, 11) is 0. The molecule has 0 aliphatic heterocycles. The molecule has 0 bridgehead atoms. The molecule has 0 amide bonds. The highest BCUT2D eigenvalue weighted by atomic mass is 17.2. The molecular weight excluding hydrogens is 186 g/mol. The summed E-state index contributed by atoms with van der Waals surface area (Å²) in [6.45, 7) is -0.331. The fraction of sp³-hybridized carbons (Fsp3) is 0.111. The fourth-order valence-electron chi connectivity index (χ4n) is 0.741. The van der Waals surface area contributed by atoms with Gasteiger partial charge in [-0.1, -0.05) is 18.2 Å². The lowest BCUT2D eigenvalue weighted by Gasteiger charge is -2.00. The van der Waals surface area contributed by atoms with Crippen molar-refractivity contribution in [2.45, 2.75) is 0 Å². The second-order valence-corrected chi connectivity index (χ2v) is 2.40. The number of hydrogen-bond acceptors (Lipinski definition) is 5. The van der Waals surface area contributed by atoms with Gasteiger partial charge in [0.2, 0.25) is 0 Å². The predicted octanol–water partition coefficient (Wildman–Crippen LogP) is 0.260. The van der Waals surface area contributed by atoms with E-state index in [4.69, 9.17) is 5.73 Å². The SMILES string of the molecule is NCC(=O)OOC(=O)c1ccccc1. The van der Waals surface area contributed by atoms with Crippen molar-refractivity contribution < 1.29 is 19.4 Å². The maximum atomic E-state index is 11.1. The third-order valence-corrected chi connectivity index (χ3v) is 1.39. The molecule has 0 spiro atoms. The molecule has 1 aromatic carbocycles. The zero-order chi connectivity index (χ0) is 10.4. The van der Waals surface area contributed by atoms with E-state index < -0.39 is 11.9 Å². The normalized spacial score (nSPS) is 9.21. The van der Waals surface area contributed by atoms with Crippen molar-refractivity contribution >= 4 is 11.9 Å². The molecule has 14 heavy (non-hydrogen) atoms. The molecule has 0 radical (unpaired) electrons. The number of hydrogen-bond donors (Lipinski definition) is 1. The fourth-order valence-corrected chi connectivity index (χ4v) is 0.741. The summed E-state index contributed by atoms with van der Waals surface area (Å²) in [5.41, 5.74) is 5.23. The second-order valence-electron chi connectivity index (χ2n) is 2.40. The van der Waals surface area contributed by atoms with Crippen LogP contribution in [0.3, 0.4) is 0 Å². The van der Waals surface area contributed by atoms with Crippen molar-refractivity contribution in [1.29, 1.82) is 0 Å². The lowest BCUT2D eigenvalue weighted by atomic mass is 10.2. The topological polar surface area (TPSA) is 78.6 Å². The number of carbonyl (C=O) groups excluding carboxylic acids is 2. The Bertz CT molecular complexity index is 323. The van der Waals surface area contributed by atoms with Crippen LogP contribution in [0, 0.1) is 0 Å². The van der Waals surface area contributed by atoms with E-state index in [0.717, 1.165) is 0 Å². The number of rotatable bonds is 2. The van der Waals surface area contributed by atoms with Gasteiger partial charge in [-0.15, -0.1) is 0 Å². The monoisotopic (exact) mass is 195 g/mol. The molecule has 0 aliphatic rings. The standard InChI is InChI=1S/C9H9NO4/c10-6-8(11)13-14-9(12)7-4-2-1-3-5-7/h1-5H,6,10H2. The Morgan fingerprint density at radius 3 is 2.36 bits per heavy atom. The van der Waals surface area contributed by atoms with E-state index in [1.54, 1.807) is 30.3 Å². The van der Waals surface area contributed by atoms with Gasteiger partial charge in [0.1, 0.15) is 0 Å². The molecule has 0 atom stereocenters. The molecule has 0 aliphatic carbocycles. The number of benzene rings is 1. The van der Waals surface area contributed by atoms with E-state index in [9.17, 15) is 9.59 Å². The second kappa shape index (κ2) is 4.98. The molecular formula is C9H9NO4. The Morgan fingerprint density at radius 2 is 1.79 bits per heavy atom. The van der Waals surface area contributed by atoms with Crippen LogP contribution in [0.2, 0.25) is 0 Å². The average molecular weight is 195 g/mol. The molecule has 5 heteroatoms. The summed E-state index contributed by atoms with van der Waals surface area (Å²) in [5, 5.41) is 0. The highest BCUT2D eigenvalue weighted by Gasteiger charge is 2.09. The highest BCUT2D eigenvalue weighted by Crippen LogP contribution is 2.00. The van der Waals surface area contributed by atoms with Gasteiger partial charge in [0, 0.05) is 0 Å². The molecule has 0 heterocycles. The van der Waals surface area contributed by atoms with Crippen LogP contribution in [-0.2, 0) is 14.6 Å². The zero-order valence-corrected chi connectivity index (χ0v) is 7.30. The van der Waals surface area contributed by atoms with Crippen LogP contribution in [0.4, 0.5) is 0 Å². The predicted molar refractivity (Wildman–Crippen MR) is 47.0 cm³/mol. The smallest absolute Gasteiger partial charge is 0.321 e. The average Bonchev–Trinajstić information content (AvgIpc) is 2.26. The summed E-state index contributed by atoms with van der Waals surface area (Å²) >= 11 is 0. The Kier molecular flexibility index (Phi) is 3.63. The van der Waals surface area contributed by atoms with Gasteiger partial charge in [-0.3, -0.25) is 0 Å². The van der Waals surface area contributed by atoms with Gasteiger partial charge in [0.05, 0.1) is 12.1 Å². The maximum absolute atomic E-state index is 11.1. The van der Waals surface area contributed by atoms with Crippen molar-refractivity contribution in [1.82, 2.24) is 0 Å². The summed E-state index contributed by atoms with van der Waals surface area (Å²) in [5.74, 6) is -1.53. The van der Waals surface area contributed by atoms with Crippen molar-refractivity contribution in [3.8, 4) is 0 Å². The minimum Gasteiger partial charge on any atom is -0.321 e. The minimum atomic E-state index is -0.797. The first-order chi connectivity index (χ1) is 6.74. The molecule has 0 unspecified atom stereocenters. The zero-order valence-electron chi connectivity index (χ0n) is 7.30. The van der Waals surface area contributed by atoms with Crippen molar-refractivity contribution in [3.63, 3.8) is 0 Å². The van der Waals surface area contributed by atoms with E-state index in [-0.39, 0.29) is 6.54 Å². The molecule has 0 saturated heterocycles. The lowest BCUT2D eigenvalue weighted by Crippen LogP contribution is -2.19. The van der Waals surface area contributed by atoms with Gasteiger partial charge in [-0.2, -0.15) is 0 Å². The first-order valence-electron chi connectivity index (χ1n) is 3.91. The first kappa shape index (κ1) is 10.2. The van der Waals surface area contributed by atoms with Crippen LogP contribution >= 0.6 is 0 Å². The number of nitrogens with two attached hydrogens (primary N) is 1. The molecule has 0 fully saturated rings. The molecule has 1 aromatic rings. The number of carbonyl (C=O) groups is 2. The van der Waals surface area contributed by atoms with Crippen molar-refractivity contribution in [2.24, 2.45) is 5.73 Å².